The number of carbonyl (C=O) groups is 1. The Hall–Kier alpha value is -1.65. The minimum Gasteiger partial charge on any atom is -0.478 e. The minimum absolute atomic E-state index is 0.0408. The van der Waals surface area contributed by atoms with Crippen molar-refractivity contribution in [1.82, 2.24) is 0 Å². The van der Waals surface area contributed by atoms with E-state index in [-0.39, 0.29) is 11.7 Å². The van der Waals surface area contributed by atoms with Gasteiger partial charge in [-0.25, -0.2) is 13.6 Å². The highest BCUT2D eigenvalue weighted by molar-refractivity contribution is 5.89. The predicted octanol–water partition coefficient (Wildman–Crippen LogP) is 3.26. The lowest BCUT2D eigenvalue weighted by molar-refractivity contribution is 0.0692. The average molecular weight is 255 g/mol. The molecule has 1 fully saturated rings. The van der Waals surface area contributed by atoms with E-state index in [0.717, 1.165) is 12.5 Å². The Balaban J connectivity index is 2.15. The molecule has 5 heteroatoms. The molecule has 1 saturated carbocycles. The number of halogens is 2. The van der Waals surface area contributed by atoms with Crippen molar-refractivity contribution in [2.45, 2.75) is 32.2 Å². The fourth-order valence-electron chi connectivity index (χ4n) is 2.00. The van der Waals surface area contributed by atoms with Crippen LogP contribution in [-0.2, 0) is 0 Å². The van der Waals surface area contributed by atoms with Crippen molar-refractivity contribution in [3.05, 3.63) is 29.3 Å². The summed E-state index contributed by atoms with van der Waals surface area (Å²) >= 11 is 0. The van der Waals surface area contributed by atoms with Gasteiger partial charge in [0.2, 0.25) is 0 Å². The molecule has 0 saturated heterocycles. The van der Waals surface area contributed by atoms with E-state index < -0.39 is 23.2 Å². The zero-order valence-electron chi connectivity index (χ0n) is 10.0. The molecule has 0 bridgehead atoms. The molecule has 0 radical (unpaired) electrons. The molecule has 1 atom stereocenters. The monoisotopic (exact) mass is 255 g/mol. The summed E-state index contributed by atoms with van der Waals surface area (Å²) in [6.07, 6.45) is 3.30. The van der Waals surface area contributed by atoms with E-state index in [9.17, 15) is 13.6 Å². The van der Waals surface area contributed by atoms with Gasteiger partial charge in [0.1, 0.15) is 11.6 Å². The predicted molar refractivity (Wildman–Crippen MR) is 63.7 cm³/mol. The van der Waals surface area contributed by atoms with E-state index >= 15 is 0 Å². The molecule has 18 heavy (non-hydrogen) atoms. The Morgan fingerprint density at radius 1 is 1.44 bits per heavy atom. The van der Waals surface area contributed by atoms with Crippen molar-refractivity contribution >= 4 is 11.7 Å². The minimum atomic E-state index is -1.40. The van der Waals surface area contributed by atoms with Crippen LogP contribution >= 0.6 is 0 Å². The standard InChI is InChI=1S/C13H15F2NO2/c1-7(4-8-2-3-8)16-12-5-9(13(17)18)10(14)6-11(12)15/h5-8,16H,2-4H2,1H3,(H,17,18). The van der Waals surface area contributed by atoms with Crippen molar-refractivity contribution in [1.29, 1.82) is 0 Å². The molecule has 98 valence electrons. The van der Waals surface area contributed by atoms with Gasteiger partial charge in [0.05, 0.1) is 11.3 Å². The van der Waals surface area contributed by atoms with Crippen LogP contribution in [0.5, 0.6) is 0 Å². The van der Waals surface area contributed by atoms with Gasteiger partial charge in [-0.05, 0) is 25.3 Å². The average Bonchev–Trinajstić information content (AvgIpc) is 3.05. The lowest BCUT2D eigenvalue weighted by Crippen LogP contribution is -2.17. The van der Waals surface area contributed by atoms with Gasteiger partial charge in [-0.1, -0.05) is 12.8 Å². The molecule has 2 rings (SSSR count). The van der Waals surface area contributed by atoms with Crippen LogP contribution in [0, 0.1) is 17.6 Å². The Kier molecular flexibility index (Phi) is 3.50. The first-order valence-corrected chi connectivity index (χ1v) is 5.96. The van der Waals surface area contributed by atoms with E-state index in [1.807, 2.05) is 6.92 Å². The number of benzene rings is 1. The van der Waals surface area contributed by atoms with Crippen molar-refractivity contribution in [2.24, 2.45) is 5.92 Å². The maximum absolute atomic E-state index is 13.5. The number of carboxylic acids is 1. The van der Waals surface area contributed by atoms with Crippen molar-refractivity contribution in [3.63, 3.8) is 0 Å². The van der Waals surface area contributed by atoms with Crippen molar-refractivity contribution < 1.29 is 18.7 Å². The smallest absolute Gasteiger partial charge is 0.338 e. The fraction of sp³-hybridized carbons (Fsp3) is 0.462. The number of carboxylic acid groups (broad SMARTS) is 1. The van der Waals surface area contributed by atoms with Crippen molar-refractivity contribution in [3.8, 4) is 0 Å². The summed E-state index contributed by atoms with van der Waals surface area (Å²) in [5.74, 6) is -2.54. The second kappa shape index (κ2) is 4.92. The highest BCUT2D eigenvalue weighted by Gasteiger charge is 2.24. The topological polar surface area (TPSA) is 49.3 Å². The zero-order valence-corrected chi connectivity index (χ0v) is 10.0. The van der Waals surface area contributed by atoms with Crippen LogP contribution in [0.3, 0.4) is 0 Å². The summed E-state index contributed by atoms with van der Waals surface area (Å²) in [6.45, 7) is 1.90. The number of hydrogen-bond acceptors (Lipinski definition) is 2. The summed E-state index contributed by atoms with van der Waals surface area (Å²) in [4.78, 5) is 10.8. The lowest BCUT2D eigenvalue weighted by Gasteiger charge is -2.16. The molecule has 1 aromatic rings. The van der Waals surface area contributed by atoms with Gasteiger partial charge in [0.15, 0.2) is 0 Å². The van der Waals surface area contributed by atoms with Gasteiger partial charge < -0.3 is 10.4 Å². The normalized spacial score (nSPS) is 16.4. The number of aromatic carboxylic acids is 1. The molecule has 0 heterocycles. The molecular formula is C13H15F2NO2. The number of rotatable bonds is 5. The summed E-state index contributed by atoms with van der Waals surface area (Å²) < 4.78 is 26.7. The van der Waals surface area contributed by atoms with E-state index in [4.69, 9.17) is 5.11 Å². The molecule has 1 aliphatic rings. The first-order chi connectivity index (χ1) is 8.47. The second-order valence-corrected chi connectivity index (χ2v) is 4.84. The summed E-state index contributed by atoms with van der Waals surface area (Å²) in [5, 5.41) is 11.7. The SMILES string of the molecule is CC(CC1CC1)Nc1cc(C(=O)O)c(F)cc1F. The zero-order chi connectivity index (χ0) is 13.3. The fourth-order valence-corrected chi connectivity index (χ4v) is 2.00. The van der Waals surface area contributed by atoms with Gasteiger partial charge in [-0.2, -0.15) is 0 Å². The lowest BCUT2D eigenvalue weighted by atomic mass is 10.1. The van der Waals surface area contributed by atoms with Crippen molar-refractivity contribution in [2.75, 3.05) is 5.32 Å². The summed E-state index contributed by atoms with van der Waals surface area (Å²) in [7, 11) is 0. The Morgan fingerprint density at radius 3 is 2.67 bits per heavy atom. The van der Waals surface area contributed by atoms with Crippen LogP contribution in [0.25, 0.3) is 0 Å². The van der Waals surface area contributed by atoms with Gasteiger partial charge in [-0.15, -0.1) is 0 Å². The highest BCUT2D eigenvalue weighted by Crippen LogP contribution is 2.34. The molecule has 0 amide bonds. The Morgan fingerprint density at radius 2 is 2.11 bits per heavy atom. The maximum Gasteiger partial charge on any atom is 0.338 e. The van der Waals surface area contributed by atoms with E-state index in [0.29, 0.717) is 12.0 Å². The largest absolute Gasteiger partial charge is 0.478 e. The number of nitrogens with one attached hydrogen (secondary N) is 1. The Labute approximate surface area is 104 Å². The molecule has 0 aromatic heterocycles. The number of hydrogen-bond donors (Lipinski definition) is 2. The first kappa shape index (κ1) is 12.8. The molecule has 0 aliphatic heterocycles. The summed E-state index contributed by atoms with van der Waals surface area (Å²) in [6, 6.07) is 1.66. The molecular weight excluding hydrogens is 240 g/mol. The Bertz CT molecular complexity index is 472. The van der Waals surface area contributed by atoms with Gasteiger partial charge >= 0.3 is 5.97 Å². The third-order valence-electron chi connectivity index (χ3n) is 3.07. The van der Waals surface area contributed by atoms with Gasteiger partial charge in [0.25, 0.3) is 0 Å². The van der Waals surface area contributed by atoms with Gasteiger partial charge in [-0.3, -0.25) is 0 Å². The molecule has 1 aromatic carbocycles. The van der Waals surface area contributed by atoms with Crippen LogP contribution in [0.2, 0.25) is 0 Å². The molecule has 1 unspecified atom stereocenters. The van der Waals surface area contributed by atoms with E-state index in [2.05, 4.69) is 5.32 Å². The first-order valence-electron chi connectivity index (χ1n) is 5.96. The van der Waals surface area contributed by atoms with E-state index in [1.165, 1.54) is 12.8 Å². The number of anilines is 1. The maximum atomic E-state index is 13.5. The van der Waals surface area contributed by atoms with Gasteiger partial charge in [0, 0.05) is 12.1 Å². The highest BCUT2D eigenvalue weighted by atomic mass is 19.1. The molecule has 0 spiro atoms. The quantitative estimate of drug-likeness (QED) is 0.849. The van der Waals surface area contributed by atoms with Crippen LogP contribution in [0.15, 0.2) is 12.1 Å². The van der Waals surface area contributed by atoms with Crippen LogP contribution in [0.1, 0.15) is 36.5 Å². The third-order valence-corrected chi connectivity index (χ3v) is 3.07. The molecule has 1 aliphatic carbocycles. The third kappa shape index (κ3) is 2.97. The molecule has 2 N–H and O–H groups in total. The van der Waals surface area contributed by atoms with E-state index in [1.54, 1.807) is 0 Å². The van der Waals surface area contributed by atoms with Crippen LogP contribution in [0.4, 0.5) is 14.5 Å². The summed E-state index contributed by atoms with van der Waals surface area (Å²) in [5.41, 5.74) is -0.473. The second-order valence-electron chi connectivity index (χ2n) is 4.84. The molecule has 3 nitrogen and oxygen atoms in total. The van der Waals surface area contributed by atoms with Crippen LogP contribution in [-0.4, -0.2) is 17.1 Å². The van der Waals surface area contributed by atoms with Crippen LogP contribution < -0.4 is 5.32 Å².